The summed E-state index contributed by atoms with van der Waals surface area (Å²) in [5, 5.41) is 8.66. The van der Waals surface area contributed by atoms with Crippen LogP contribution in [0.4, 0.5) is 0 Å². The van der Waals surface area contributed by atoms with Gasteiger partial charge in [0.25, 0.3) is 5.22 Å². The van der Waals surface area contributed by atoms with Crippen molar-refractivity contribution >= 4 is 35.2 Å². The summed E-state index contributed by atoms with van der Waals surface area (Å²) in [6.07, 6.45) is 1.26. The fourth-order valence-corrected chi connectivity index (χ4v) is 3.91. The van der Waals surface area contributed by atoms with E-state index in [0.717, 1.165) is 5.56 Å². The monoisotopic (exact) mass is 423 g/mol. The SMILES string of the molecule is CCOC(=O)C1CCN(C(=O)C(C)Sc2nnc(-c3ccc(Cl)cc3)o2)CC1. The number of carbonyl (C=O) groups excluding carboxylic acids is 2. The predicted octanol–water partition coefficient (Wildman–Crippen LogP) is 3.67. The van der Waals surface area contributed by atoms with Gasteiger partial charge < -0.3 is 14.1 Å². The van der Waals surface area contributed by atoms with Crippen LogP contribution in [0.2, 0.25) is 5.02 Å². The van der Waals surface area contributed by atoms with Crippen molar-refractivity contribution in [3.63, 3.8) is 0 Å². The lowest BCUT2D eigenvalue weighted by molar-refractivity contribution is -0.151. The van der Waals surface area contributed by atoms with Crippen molar-refractivity contribution in [1.29, 1.82) is 0 Å². The number of esters is 1. The molecule has 0 radical (unpaired) electrons. The van der Waals surface area contributed by atoms with Crippen LogP contribution >= 0.6 is 23.4 Å². The minimum absolute atomic E-state index is 0.00134. The lowest BCUT2D eigenvalue weighted by Gasteiger charge is -2.32. The number of hydrogen-bond acceptors (Lipinski definition) is 7. The highest BCUT2D eigenvalue weighted by atomic mass is 35.5. The van der Waals surface area contributed by atoms with Crippen LogP contribution in [0.15, 0.2) is 33.9 Å². The van der Waals surface area contributed by atoms with Gasteiger partial charge in [0, 0.05) is 23.7 Å². The Morgan fingerprint density at radius 1 is 1.29 bits per heavy atom. The highest BCUT2D eigenvalue weighted by molar-refractivity contribution is 8.00. The Morgan fingerprint density at radius 3 is 2.61 bits per heavy atom. The lowest BCUT2D eigenvalue weighted by atomic mass is 9.97. The molecule has 28 heavy (non-hydrogen) atoms. The van der Waals surface area contributed by atoms with E-state index < -0.39 is 0 Å². The zero-order valence-electron chi connectivity index (χ0n) is 15.8. The zero-order chi connectivity index (χ0) is 20.1. The van der Waals surface area contributed by atoms with Crippen LogP contribution in [0.3, 0.4) is 0 Å². The summed E-state index contributed by atoms with van der Waals surface area (Å²) in [5.74, 6) is 0.0927. The number of thioether (sulfide) groups is 1. The van der Waals surface area contributed by atoms with Crippen LogP contribution in [0.1, 0.15) is 26.7 Å². The standard InChI is InChI=1S/C19H22ClN3O4S/c1-3-26-18(25)14-8-10-23(11-9-14)17(24)12(2)28-19-22-21-16(27-19)13-4-6-15(20)7-5-13/h4-7,12,14H,3,8-11H2,1-2H3. The van der Waals surface area contributed by atoms with E-state index in [0.29, 0.717) is 48.7 Å². The van der Waals surface area contributed by atoms with Crippen molar-refractivity contribution in [3.8, 4) is 11.5 Å². The van der Waals surface area contributed by atoms with Crippen LogP contribution in [0, 0.1) is 5.92 Å². The number of piperidine rings is 1. The molecule has 7 nitrogen and oxygen atoms in total. The second-order valence-electron chi connectivity index (χ2n) is 6.49. The first-order chi connectivity index (χ1) is 13.5. The fraction of sp³-hybridized carbons (Fsp3) is 0.474. The smallest absolute Gasteiger partial charge is 0.309 e. The summed E-state index contributed by atoms with van der Waals surface area (Å²) in [7, 11) is 0. The molecule has 150 valence electrons. The molecule has 1 aliphatic rings. The molecular weight excluding hydrogens is 402 g/mol. The van der Waals surface area contributed by atoms with E-state index in [4.69, 9.17) is 20.8 Å². The van der Waals surface area contributed by atoms with Crippen molar-refractivity contribution in [2.24, 2.45) is 5.92 Å². The van der Waals surface area contributed by atoms with Crippen molar-refractivity contribution < 1.29 is 18.7 Å². The van der Waals surface area contributed by atoms with Gasteiger partial charge >= 0.3 is 5.97 Å². The third-order valence-corrected chi connectivity index (χ3v) is 5.72. The minimum Gasteiger partial charge on any atom is -0.466 e. The molecule has 1 fully saturated rings. The minimum atomic E-state index is -0.363. The molecule has 1 aromatic heterocycles. The van der Waals surface area contributed by atoms with Gasteiger partial charge in [0.1, 0.15) is 0 Å². The molecule has 1 aliphatic heterocycles. The number of rotatable bonds is 6. The first-order valence-corrected chi connectivity index (χ1v) is 10.4. The molecule has 0 N–H and O–H groups in total. The molecule has 9 heteroatoms. The van der Waals surface area contributed by atoms with Crippen molar-refractivity contribution in [1.82, 2.24) is 15.1 Å². The molecule has 1 saturated heterocycles. The molecule has 2 heterocycles. The third kappa shape index (κ3) is 5.05. The molecule has 1 unspecified atom stereocenters. The number of carbonyl (C=O) groups is 2. The second kappa shape index (κ2) is 9.43. The fourth-order valence-electron chi connectivity index (χ4n) is 3.02. The lowest BCUT2D eigenvalue weighted by Crippen LogP contribution is -2.43. The molecule has 2 aromatic rings. The third-order valence-electron chi connectivity index (χ3n) is 4.55. The Kier molecular flexibility index (Phi) is 6.96. The van der Waals surface area contributed by atoms with E-state index in [2.05, 4.69) is 10.2 Å². The number of benzene rings is 1. The van der Waals surface area contributed by atoms with Gasteiger partial charge in [-0.3, -0.25) is 9.59 Å². The molecule has 0 bridgehead atoms. The Morgan fingerprint density at radius 2 is 1.96 bits per heavy atom. The number of ether oxygens (including phenoxy) is 1. The van der Waals surface area contributed by atoms with Crippen LogP contribution in [0.25, 0.3) is 11.5 Å². The van der Waals surface area contributed by atoms with E-state index in [9.17, 15) is 9.59 Å². The molecule has 1 aromatic carbocycles. The first-order valence-electron chi connectivity index (χ1n) is 9.19. The van der Waals surface area contributed by atoms with E-state index in [1.54, 1.807) is 36.1 Å². The Balaban J connectivity index is 1.54. The maximum Gasteiger partial charge on any atom is 0.309 e. The number of likely N-dealkylation sites (tertiary alicyclic amines) is 1. The van der Waals surface area contributed by atoms with Crippen molar-refractivity contribution in [3.05, 3.63) is 29.3 Å². The highest BCUT2D eigenvalue weighted by Gasteiger charge is 2.31. The maximum atomic E-state index is 12.7. The molecule has 0 aliphatic carbocycles. The first kappa shape index (κ1) is 20.7. The van der Waals surface area contributed by atoms with E-state index in [1.807, 2.05) is 6.92 Å². The summed E-state index contributed by atoms with van der Waals surface area (Å²) < 4.78 is 10.7. The predicted molar refractivity (Wildman–Crippen MR) is 106 cm³/mol. The second-order valence-corrected chi connectivity index (χ2v) is 8.22. The Bertz CT molecular complexity index is 819. The number of halogens is 1. The zero-order valence-corrected chi connectivity index (χ0v) is 17.3. The summed E-state index contributed by atoms with van der Waals surface area (Å²) in [6, 6.07) is 7.10. The van der Waals surface area contributed by atoms with Crippen molar-refractivity contribution in [2.75, 3.05) is 19.7 Å². The highest BCUT2D eigenvalue weighted by Crippen LogP contribution is 2.28. The maximum absolute atomic E-state index is 12.7. The quantitative estimate of drug-likeness (QED) is 0.517. The number of hydrogen-bond donors (Lipinski definition) is 0. The number of aromatic nitrogens is 2. The molecule has 1 atom stereocenters. The average Bonchev–Trinajstić information content (AvgIpc) is 3.16. The Labute approximate surface area is 172 Å². The van der Waals surface area contributed by atoms with E-state index in [-0.39, 0.29) is 23.0 Å². The van der Waals surface area contributed by atoms with Gasteiger partial charge in [0.05, 0.1) is 17.8 Å². The van der Waals surface area contributed by atoms with Gasteiger partial charge in [-0.05, 0) is 51.0 Å². The molecule has 0 spiro atoms. The van der Waals surface area contributed by atoms with Gasteiger partial charge in [0.2, 0.25) is 11.8 Å². The largest absolute Gasteiger partial charge is 0.466 e. The van der Waals surface area contributed by atoms with Crippen LogP contribution in [0.5, 0.6) is 0 Å². The summed E-state index contributed by atoms with van der Waals surface area (Å²) >= 11 is 7.12. The van der Waals surface area contributed by atoms with Gasteiger partial charge in [-0.1, -0.05) is 23.4 Å². The van der Waals surface area contributed by atoms with Gasteiger partial charge in [-0.25, -0.2) is 0 Å². The number of amides is 1. The van der Waals surface area contributed by atoms with Gasteiger partial charge in [0.15, 0.2) is 0 Å². The molecular formula is C19H22ClN3O4S. The normalized spacial score (nSPS) is 16.0. The van der Waals surface area contributed by atoms with E-state index >= 15 is 0 Å². The summed E-state index contributed by atoms with van der Waals surface area (Å²) in [6.45, 7) is 5.09. The van der Waals surface area contributed by atoms with Crippen molar-refractivity contribution in [2.45, 2.75) is 37.2 Å². The van der Waals surface area contributed by atoms with Gasteiger partial charge in [-0.2, -0.15) is 0 Å². The molecule has 3 rings (SSSR count). The molecule has 1 amide bonds. The molecule has 0 saturated carbocycles. The van der Waals surface area contributed by atoms with Crippen LogP contribution in [-0.4, -0.2) is 51.9 Å². The average molecular weight is 424 g/mol. The summed E-state index contributed by atoms with van der Waals surface area (Å²) in [4.78, 5) is 26.3. The summed E-state index contributed by atoms with van der Waals surface area (Å²) in [5.41, 5.74) is 0.767. The van der Waals surface area contributed by atoms with Gasteiger partial charge in [-0.15, -0.1) is 10.2 Å². The van der Waals surface area contributed by atoms with Crippen LogP contribution in [-0.2, 0) is 14.3 Å². The Hall–Kier alpha value is -2.06. The number of nitrogens with zero attached hydrogens (tertiary/aromatic N) is 3. The van der Waals surface area contributed by atoms with Crippen LogP contribution < -0.4 is 0 Å². The topological polar surface area (TPSA) is 85.5 Å². The van der Waals surface area contributed by atoms with E-state index in [1.165, 1.54) is 11.8 Å².